The Morgan fingerprint density at radius 1 is 1.06 bits per heavy atom. The first-order chi connectivity index (χ1) is 15.4. The maximum Gasteiger partial charge on any atom is 0.252 e. The number of hydrogen-bond acceptors (Lipinski definition) is 4. The van der Waals surface area contributed by atoms with Crippen LogP contribution in [0.5, 0.6) is 0 Å². The van der Waals surface area contributed by atoms with E-state index in [9.17, 15) is 14.0 Å². The molecule has 0 saturated carbocycles. The predicted octanol–water partition coefficient (Wildman–Crippen LogP) is 3.10. The molecular weight excluding hydrogens is 409 g/mol. The van der Waals surface area contributed by atoms with Gasteiger partial charge in [-0.2, -0.15) is 5.10 Å². The molecule has 0 aliphatic heterocycles. The second-order valence-electron chi connectivity index (χ2n) is 7.56. The van der Waals surface area contributed by atoms with Crippen molar-refractivity contribution in [2.24, 2.45) is 0 Å². The first-order valence-electron chi connectivity index (χ1n) is 10.1. The fourth-order valence-electron chi connectivity index (χ4n) is 3.33. The molecule has 0 atom stereocenters. The minimum atomic E-state index is -0.393. The molecule has 7 nitrogen and oxygen atoms in total. The van der Waals surface area contributed by atoms with Gasteiger partial charge in [-0.3, -0.25) is 9.59 Å². The van der Waals surface area contributed by atoms with Gasteiger partial charge in [0.05, 0.1) is 35.9 Å². The maximum atomic E-state index is 13.6. The first kappa shape index (κ1) is 21.2. The third-order valence-corrected chi connectivity index (χ3v) is 5.04. The van der Waals surface area contributed by atoms with E-state index in [0.717, 1.165) is 11.1 Å². The highest BCUT2D eigenvalue weighted by atomic mass is 19.1. The number of carbonyl (C=O) groups excluding carboxylic acids is 2. The first-order valence-corrected chi connectivity index (χ1v) is 10.1. The fourth-order valence-corrected chi connectivity index (χ4v) is 3.33. The number of hydrogen-bond donors (Lipinski definition) is 1. The number of amides is 2. The van der Waals surface area contributed by atoms with Gasteiger partial charge in [0.1, 0.15) is 5.82 Å². The van der Waals surface area contributed by atoms with Gasteiger partial charge in [-0.1, -0.05) is 42.5 Å². The van der Waals surface area contributed by atoms with E-state index in [4.69, 9.17) is 4.98 Å². The van der Waals surface area contributed by atoms with Crippen molar-refractivity contribution in [2.45, 2.75) is 6.54 Å². The highest BCUT2D eigenvalue weighted by molar-refractivity contribution is 6.07. The molecule has 162 valence electrons. The second-order valence-corrected chi connectivity index (χ2v) is 7.56. The van der Waals surface area contributed by atoms with E-state index < -0.39 is 5.91 Å². The summed E-state index contributed by atoms with van der Waals surface area (Å²) in [6.07, 6.45) is 1.57. The van der Waals surface area contributed by atoms with Gasteiger partial charge in [-0.15, -0.1) is 0 Å². The average molecular weight is 431 g/mol. The molecule has 4 rings (SSSR count). The molecule has 2 heterocycles. The summed E-state index contributed by atoms with van der Waals surface area (Å²) in [4.78, 5) is 31.1. The zero-order chi connectivity index (χ0) is 22.7. The quantitative estimate of drug-likeness (QED) is 0.509. The summed E-state index contributed by atoms with van der Waals surface area (Å²) in [6.45, 7) is 0.181. The van der Waals surface area contributed by atoms with E-state index in [0.29, 0.717) is 28.8 Å². The van der Waals surface area contributed by atoms with Crippen LogP contribution in [-0.4, -0.2) is 52.1 Å². The molecule has 0 unspecified atom stereocenters. The molecule has 0 bridgehead atoms. The minimum Gasteiger partial charge on any atom is -0.347 e. The van der Waals surface area contributed by atoms with Gasteiger partial charge in [0, 0.05) is 19.7 Å². The summed E-state index contributed by atoms with van der Waals surface area (Å²) in [5.74, 6) is -0.939. The molecule has 2 aromatic carbocycles. The van der Waals surface area contributed by atoms with Crippen molar-refractivity contribution in [1.29, 1.82) is 0 Å². The Hall–Kier alpha value is -4.07. The molecular formula is C24H22FN5O2. The number of likely N-dealkylation sites (N-methyl/N-ethyl adjacent to an activating group) is 1. The van der Waals surface area contributed by atoms with Gasteiger partial charge < -0.3 is 10.2 Å². The molecule has 0 radical (unpaired) electrons. The van der Waals surface area contributed by atoms with Crippen molar-refractivity contribution in [3.8, 4) is 11.3 Å². The normalized spacial score (nSPS) is 10.8. The Bertz CT molecular complexity index is 1280. The number of nitrogens with one attached hydrogen (secondary N) is 1. The number of carbonyl (C=O) groups is 2. The third-order valence-electron chi connectivity index (χ3n) is 5.04. The summed E-state index contributed by atoms with van der Waals surface area (Å²) in [6, 6.07) is 17.4. The molecule has 4 aromatic rings. The van der Waals surface area contributed by atoms with Gasteiger partial charge in [0.15, 0.2) is 5.65 Å². The smallest absolute Gasteiger partial charge is 0.252 e. The molecule has 0 aliphatic rings. The lowest BCUT2D eigenvalue weighted by Gasteiger charge is -2.12. The van der Waals surface area contributed by atoms with E-state index in [-0.39, 0.29) is 18.3 Å². The number of benzene rings is 2. The Labute approximate surface area is 184 Å². The Morgan fingerprint density at radius 2 is 1.84 bits per heavy atom. The SMILES string of the molecule is CN(C)C(=O)CNC(=O)c1cc(-c2ccccc2)nc2c1cnn2Cc1cccc(F)c1. The van der Waals surface area contributed by atoms with E-state index >= 15 is 0 Å². The average Bonchev–Trinajstić information content (AvgIpc) is 3.19. The number of aromatic nitrogens is 3. The molecule has 32 heavy (non-hydrogen) atoms. The number of fused-ring (bicyclic) bond motifs is 1. The van der Waals surface area contributed by atoms with Gasteiger partial charge in [-0.25, -0.2) is 14.1 Å². The predicted molar refractivity (Wildman–Crippen MR) is 119 cm³/mol. The molecule has 0 aliphatic carbocycles. The molecule has 0 saturated heterocycles. The standard InChI is InChI=1S/C24H22FN5O2/c1-29(2)22(31)14-26-24(32)19-12-21(17-8-4-3-5-9-17)28-23-20(19)13-27-30(23)15-16-7-6-10-18(25)11-16/h3-13H,14-15H2,1-2H3,(H,26,32). The van der Waals surface area contributed by atoms with E-state index in [1.54, 1.807) is 43.2 Å². The van der Waals surface area contributed by atoms with Crippen molar-refractivity contribution in [2.75, 3.05) is 20.6 Å². The Morgan fingerprint density at radius 3 is 2.56 bits per heavy atom. The molecule has 0 fully saturated rings. The van der Waals surface area contributed by atoms with Crippen LogP contribution in [0.4, 0.5) is 4.39 Å². The van der Waals surface area contributed by atoms with Crippen LogP contribution in [0, 0.1) is 5.82 Å². The lowest BCUT2D eigenvalue weighted by Crippen LogP contribution is -2.36. The summed E-state index contributed by atoms with van der Waals surface area (Å²) in [7, 11) is 3.26. The molecule has 2 aromatic heterocycles. The highest BCUT2D eigenvalue weighted by Crippen LogP contribution is 2.25. The maximum absolute atomic E-state index is 13.6. The molecule has 1 N–H and O–H groups in total. The number of rotatable bonds is 6. The zero-order valence-electron chi connectivity index (χ0n) is 17.7. The lowest BCUT2D eigenvalue weighted by molar-refractivity contribution is -0.127. The topological polar surface area (TPSA) is 80.1 Å². The van der Waals surface area contributed by atoms with E-state index in [1.807, 2.05) is 30.3 Å². The van der Waals surface area contributed by atoms with Gasteiger partial charge in [0.25, 0.3) is 5.91 Å². The van der Waals surface area contributed by atoms with Crippen LogP contribution in [0.15, 0.2) is 66.9 Å². The van der Waals surface area contributed by atoms with Crippen molar-refractivity contribution < 1.29 is 14.0 Å². The van der Waals surface area contributed by atoms with Crippen LogP contribution in [0.2, 0.25) is 0 Å². The van der Waals surface area contributed by atoms with Crippen molar-refractivity contribution in [1.82, 2.24) is 25.0 Å². The second kappa shape index (κ2) is 8.97. The van der Waals surface area contributed by atoms with Gasteiger partial charge >= 0.3 is 0 Å². The molecule has 2 amide bonds. The van der Waals surface area contributed by atoms with Crippen LogP contribution in [-0.2, 0) is 11.3 Å². The van der Waals surface area contributed by atoms with Crippen LogP contribution >= 0.6 is 0 Å². The Balaban J connectivity index is 1.77. The zero-order valence-corrected chi connectivity index (χ0v) is 17.7. The van der Waals surface area contributed by atoms with E-state index in [1.165, 1.54) is 17.0 Å². The summed E-state index contributed by atoms with van der Waals surface area (Å²) >= 11 is 0. The minimum absolute atomic E-state index is 0.117. The largest absolute Gasteiger partial charge is 0.347 e. The summed E-state index contributed by atoms with van der Waals surface area (Å²) in [5, 5.41) is 7.62. The Kier molecular flexibility index (Phi) is 5.93. The van der Waals surface area contributed by atoms with Crippen LogP contribution in [0.1, 0.15) is 15.9 Å². The van der Waals surface area contributed by atoms with Crippen molar-refractivity contribution in [3.63, 3.8) is 0 Å². The van der Waals surface area contributed by atoms with Crippen LogP contribution in [0.3, 0.4) is 0 Å². The fraction of sp³-hybridized carbons (Fsp3) is 0.167. The number of nitrogens with zero attached hydrogens (tertiary/aromatic N) is 4. The van der Waals surface area contributed by atoms with Crippen molar-refractivity contribution in [3.05, 3.63) is 83.8 Å². The number of pyridine rings is 1. The summed E-state index contributed by atoms with van der Waals surface area (Å²) in [5.41, 5.74) is 3.03. The van der Waals surface area contributed by atoms with Crippen LogP contribution in [0.25, 0.3) is 22.3 Å². The van der Waals surface area contributed by atoms with Gasteiger partial charge in [0.2, 0.25) is 5.91 Å². The molecule has 8 heteroatoms. The molecule has 0 spiro atoms. The van der Waals surface area contributed by atoms with E-state index in [2.05, 4.69) is 10.4 Å². The highest BCUT2D eigenvalue weighted by Gasteiger charge is 2.18. The lowest BCUT2D eigenvalue weighted by atomic mass is 10.1. The van der Waals surface area contributed by atoms with Crippen LogP contribution < -0.4 is 5.32 Å². The summed E-state index contributed by atoms with van der Waals surface area (Å²) < 4.78 is 15.3. The van der Waals surface area contributed by atoms with Crippen molar-refractivity contribution >= 4 is 22.8 Å². The monoisotopic (exact) mass is 431 g/mol. The number of halogens is 1. The van der Waals surface area contributed by atoms with Gasteiger partial charge in [-0.05, 0) is 23.8 Å². The third kappa shape index (κ3) is 4.49.